The quantitative estimate of drug-likeness (QED) is 0.752. The molecule has 0 aliphatic carbocycles. The molecule has 0 saturated carbocycles. The molecule has 0 aromatic heterocycles. The number of carbonyl (C=O) groups excluding carboxylic acids is 2. The summed E-state index contributed by atoms with van der Waals surface area (Å²) >= 11 is 0. The fourth-order valence-corrected chi connectivity index (χ4v) is 2.55. The van der Waals surface area contributed by atoms with Gasteiger partial charge in [-0.1, -0.05) is 30.4 Å². The zero-order valence-corrected chi connectivity index (χ0v) is 12.1. The van der Waals surface area contributed by atoms with Crippen molar-refractivity contribution < 1.29 is 9.59 Å². The van der Waals surface area contributed by atoms with Crippen molar-refractivity contribution in [3.8, 4) is 0 Å². The lowest BCUT2D eigenvalue weighted by Crippen LogP contribution is -2.37. The Hall–Kier alpha value is -2.36. The fraction of sp³-hybridized carbons (Fsp3) is 0.294. The molecule has 4 heteroatoms. The van der Waals surface area contributed by atoms with Gasteiger partial charge in [0.05, 0.1) is 5.92 Å². The van der Waals surface area contributed by atoms with Gasteiger partial charge in [-0.05, 0) is 12.1 Å². The van der Waals surface area contributed by atoms with E-state index in [1.165, 1.54) is 0 Å². The van der Waals surface area contributed by atoms with Gasteiger partial charge < -0.3 is 9.80 Å². The Morgan fingerprint density at radius 1 is 1.24 bits per heavy atom. The maximum Gasteiger partial charge on any atom is 0.228 e. The SMILES string of the molecule is C=CCN(CC=C)C(=O)C1CC(=O)N(c2ccccc2)C1. The van der Waals surface area contributed by atoms with Crippen LogP contribution < -0.4 is 4.90 Å². The standard InChI is InChI=1S/C17H20N2O2/c1-3-10-18(11-4-2)17(21)14-12-16(20)19(13-14)15-8-6-5-7-9-15/h3-9,14H,1-2,10-13H2. The Bertz CT molecular complexity index is 529. The summed E-state index contributed by atoms with van der Waals surface area (Å²) in [6.45, 7) is 8.71. The second kappa shape index (κ2) is 6.88. The molecule has 1 atom stereocenters. The van der Waals surface area contributed by atoms with Crippen molar-refractivity contribution >= 4 is 17.5 Å². The van der Waals surface area contributed by atoms with Gasteiger partial charge in [0, 0.05) is 31.7 Å². The first-order valence-corrected chi connectivity index (χ1v) is 7.03. The van der Waals surface area contributed by atoms with Crippen molar-refractivity contribution in [2.24, 2.45) is 5.92 Å². The van der Waals surface area contributed by atoms with Gasteiger partial charge in [0.15, 0.2) is 0 Å². The third kappa shape index (κ3) is 3.40. The number of carbonyl (C=O) groups is 2. The summed E-state index contributed by atoms with van der Waals surface area (Å²) in [6.07, 6.45) is 3.64. The van der Waals surface area contributed by atoms with Gasteiger partial charge in [-0.3, -0.25) is 9.59 Å². The van der Waals surface area contributed by atoms with Crippen molar-refractivity contribution in [1.29, 1.82) is 0 Å². The molecule has 2 rings (SSSR count). The molecule has 1 aromatic rings. The first-order valence-electron chi connectivity index (χ1n) is 7.03. The van der Waals surface area contributed by atoms with E-state index in [1.807, 2.05) is 30.3 Å². The molecule has 4 nitrogen and oxygen atoms in total. The van der Waals surface area contributed by atoms with Crippen LogP contribution in [0.5, 0.6) is 0 Å². The highest BCUT2D eigenvalue weighted by Crippen LogP contribution is 2.26. The van der Waals surface area contributed by atoms with Crippen molar-refractivity contribution in [1.82, 2.24) is 4.90 Å². The maximum atomic E-state index is 12.5. The van der Waals surface area contributed by atoms with Crippen molar-refractivity contribution in [3.63, 3.8) is 0 Å². The van der Waals surface area contributed by atoms with Gasteiger partial charge in [-0.25, -0.2) is 0 Å². The molecular formula is C17H20N2O2. The molecule has 0 N–H and O–H groups in total. The number of amides is 2. The number of hydrogen-bond acceptors (Lipinski definition) is 2. The summed E-state index contributed by atoms with van der Waals surface area (Å²) in [6, 6.07) is 9.45. The molecule has 2 amide bonds. The van der Waals surface area contributed by atoms with Crippen LogP contribution in [0.25, 0.3) is 0 Å². The van der Waals surface area contributed by atoms with E-state index in [0.717, 1.165) is 5.69 Å². The van der Waals surface area contributed by atoms with E-state index in [1.54, 1.807) is 22.0 Å². The summed E-state index contributed by atoms with van der Waals surface area (Å²) in [7, 11) is 0. The van der Waals surface area contributed by atoms with E-state index in [2.05, 4.69) is 13.2 Å². The van der Waals surface area contributed by atoms with Gasteiger partial charge in [0.25, 0.3) is 0 Å². The predicted octanol–water partition coefficient (Wildman–Crippen LogP) is 2.24. The van der Waals surface area contributed by atoms with Gasteiger partial charge in [-0.15, -0.1) is 13.2 Å². The van der Waals surface area contributed by atoms with E-state index < -0.39 is 0 Å². The molecule has 1 unspecified atom stereocenters. The highest BCUT2D eigenvalue weighted by atomic mass is 16.2. The lowest BCUT2D eigenvalue weighted by atomic mass is 10.1. The van der Waals surface area contributed by atoms with Gasteiger partial charge >= 0.3 is 0 Å². The predicted molar refractivity (Wildman–Crippen MR) is 83.9 cm³/mol. The molecule has 1 aliphatic rings. The van der Waals surface area contributed by atoms with Gasteiger partial charge in [0.1, 0.15) is 0 Å². The minimum atomic E-state index is -0.294. The van der Waals surface area contributed by atoms with E-state index >= 15 is 0 Å². The largest absolute Gasteiger partial charge is 0.335 e. The number of hydrogen-bond donors (Lipinski definition) is 0. The van der Waals surface area contributed by atoms with E-state index in [9.17, 15) is 9.59 Å². The minimum absolute atomic E-state index is 0.00305. The van der Waals surface area contributed by atoms with Crippen LogP contribution in [0.3, 0.4) is 0 Å². The first kappa shape index (κ1) is 15.0. The Balaban J connectivity index is 2.09. The lowest BCUT2D eigenvalue weighted by Gasteiger charge is -2.23. The van der Waals surface area contributed by atoms with Crippen LogP contribution in [0.15, 0.2) is 55.6 Å². The van der Waals surface area contributed by atoms with Crippen molar-refractivity contribution in [2.45, 2.75) is 6.42 Å². The van der Waals surface area contributed by atoms with Crippen LogP contribution in [0, 0.1) is 5.92 Å². The Morgan fingerprint density at radius 3 is 2.43 bits per heavy atom. The van der Waals surface area contributed by atoms with Gasteiger partial charge in [0.2, 0.25) is 11.8 Å². The second-order valence-corrected chi connectivity index (χ2v) is 5.06. The third-order valence-electron chi connectivity index (χ3n) is 3.55. The Labute approximate surface area is 125 Å². The minimum Gasteiger partial charge on any atom is -0.335 e. The monoisotopic (exact) mass is 284 g/mol. The Morgan fingerprint density at radius 2 is 1.86 bits per heavy atom. The van der Waals surface area contributed by atoms with E-state index in [0.29, 0.717) is 19.6 Å². The molecule has 1 heterocycles. The second-order valence-electron chi connectivity index (χ2n) is 5.06. The van der Waals surface area contributed by atoms with E-state index in [-0.39, 0.29) is 24.2 Å². The molecule has 0 bridgehead atoms. The molecular weight excluding hydrogens is 264 g/mol. The first-order chi connectivity index (χ1) is 10.2. The molecule has 1 fully saturated rings. The number of nitrogens with zero attached hydrogens (tertiary/aromatic N) is 2. The lowest BCUT2D eigenvalue weighted by molar-refractivity contribution is -0.134. The average molecular weight is 284 g/mol. The third-order valence-corrected chi connectivity index (χ3v) is 3.55. The fourth-order valence-electron chi connectivity index (χ4n) is 2.55. The van der Waals surface area contributed by atoms with Crippen LogP contribution in [0.1, 0.15) is 6.42 Å². The van der Waals surface area contributed by atoms with Gasteiger partial charge in [-0.2, -0.15) is 0 Å². The maximum absolute atomic E-state index is 12.5. The summed E-state index contributed by atoms with van der Waals surface area (Å²) in [5, 5.41) is 0. The average Bonchev–Trinajstić information content (AvgIpc) is 2.89. The number of para-hydroxylation sites is 1. The highest BCUT2D eigenvalue weighted by molar-refractivity contribution is 6.00. The number of anilines is 1. The molecule has 21 heavy (non-hydrogen) atoms. The summed E-state index contributed by atoms with van der Waals surface area (Å²) in [5.74, 6) is -0.309. The number of rotatable bonds is 6. The zero-order valence-electron chi connectivity index (χ0n) is 12.1. The van der Waals surface area contributed by atoms with Crippen LogP contribution in [-0.4, -0.2) is 36.3 Å². The van der Waals surface area contributed by atoms with Crippen LogP contribution in [0.4, 0.5) is 5.69 Å². The topological polar surface area (TPSA) is 40.6 Å². The number of benzene rings is 1. The van der Waals surface area contributed by atoms with Crippen LogP contribution in [-0.2, 0) is 9.59 Å². The van der Waals surface area contributed by atoms with E-state index in [4.69, 9.17) is 0 Å². The van der Waals surface area contributed by atoms with Crippen LogP contribution >= 0.6 is 0 Å². The molecule has 110 valence electrons. The normalized spacial score (nSPS) is 17.6. The Kier molecular flexibility index (Phi) is 4.93. The summed E-state index contributed by atoms with van der Waals surface area (Å²) in [4.78, 5) is 28.0. The van der Waals surface area contributed by atoms with Crippen molar-refractivity contribution in [3.05, 3.63) is 55.6 Å². The van der Waals surface area contributed by atoms with Crippen LogP contribution in [0.2, 0.25) is 0 Å². The zero-order chi connectivity index (χ0) is 15.2. The summed E-state index contributed by atoms with van der Waals surface area (Å²) in [5.41, 5.74) is 0.844. The smallest absolute Gasteiger partial charge is 0.228 e. The molecule has 0 radical (unpaired) electrons. The molecule has 0 spiro atoms. The summed E-state index contributed by atoms with van der Waals surface area (Å²) < 4.78 is 0. The molecule has 1 aliphatic heterocycles. The highest BCUT2D eigenvalue weighted by Gasteiger charge is 2.36. The van der Waals surface area contributed by atoms with Crippen molar-refractivity contribution in [2.75, 3.05) is 24.5 Å². The molecule has 1 aromatic carbocycles. The molecule has 1 saturated heterocycles.